The predicted molar refractivity (Wildman–Crippen MR) is 152 cm³/mol. The maximum atomic E-state index is 13.6. The first kappa shape index (κ1) is 28.4. The Morgan fingerprint density at radius 1 is 0.650 bits per heavy atom. The Morgan fingerprint density at radius 2 is 1.15 bits per heavy atom. The Labute approximate surface area is 234 Å². The van der Waals surface area contributed by atoms with Crippen molar-refractivity contribution in [2.45, 2.75) is 0 Å². The Morgan fingerprint density at radius 3 is 1.70 bits per heavy atom. The van der Waals surface area contributed by atoms with Crippen LogP contribution >= 0.6 is 11.6 Å². The number of anilines is 1. The number of hydrogen-bond acceptors (Lipinski definition) is 2. The molecule has 1 aromatic heterocycles. The molecule has 4 nitrogen and oxygen atoms in total. The van der Waals surface area contributed by atoms with Crippen LogP contribution in [0.25, 0.3) is 28.1 Å². The summed E-state index contributed by atoms with van der Waals surface area (Å²) in [6.07, 6.45) is 0. The van der Waals surface area contributed by atoms with Crippen LogP contribution in [0.5, 0.6) is 0 Å². The van der Waals surface area contributed by atoms with Gasteiger partial charge in [-0.1, -0.05) is 78.3 Å². The fraction of sp³-hybridized carbons (Fsp3) is 0. The highest BCUT2D eigenvalue weighted by atomic mass is 35.5. The molecule has 2 N–H and O–H groups in total. The Bertz CT molecular complexity index is 1550. The van der Waals surface area contributed by atoms with Crippen LogP contribution in [-0.4, -0.2) is 13.2 Å². The fourth-order valence-corrected chi connectivity index (χ4v) is 4.09. The number of hydrogen-bond donors (Lipinski definition) is 2. The van der Waals surface area contributed by atoms with Crippen molar-refractivity contribution < 1.29 is 26.6 Å². The van der Waals surface area contributed by atoms with Gasteiger partial charge in [-0.2, -0.15) is 0 Å². The highest BCUT2D eigenvalue weighted by Crippen LogP contribution is 2.27. The third-order valence-electron chi connectivity index (χ3n) is 5.65. The van der Waals surface area contributed by atoms with Gasteiger partial charge in [-0.05, 0) is 47.5 Å². The van der Waals surface area contributed by atoms with Gasteiger partial charge in [0.25, 0.3) is 5.69 Å². The minimum Gasteiger partial charge on any atom is -0.418 e. The highest BCUT2D eigenvalue weighted by molar-refractivity contribution is 6.50. The number of benzene rings is 4. The first-order valence-electron chi connectivity index (χ1n) is 12.1. The van der Waals surface area contributed by atoms with Crippen LogP contribution in [0.15, 0.2) is 127 Å². The molecule has 202 valence electrons. The molecule has 0 aliphatic heterocycles. The Balaban J connectivity index is 0.000000681. The van der Waals surface area contributed by atoms with E-state index in [9.17, 15) is 22.1 Å². The summed E-state index contributed by atoms with van der Waals surface area (Å²) < 4.78 is 41.0. The van der Waals surface area contributed by atoms with E-state index in [0.717, 1.165) is 33.8 Å². The van der Waals surface area contributed by atoms with Gasteiger partial charge in [0, 0.05) is 34.9 Å². The molecule has 10 heteroatoms. The molecular formula is C30H23BClF4N3O. The van der Waals surface area contributed by atoms with Crippen LogP contribution in [0.4, 0.5) is 23.0 Å². The average molecular weight is 564 g/mol. The topological polar surface area (TPSA) is 45.0 Å². The monoisotopic (exact) mass is 563 g/mol. The summed E-state index contributed by atoms with van der Waals surface area (Å²) in [4.78, 5) is 13.6. The van der Waals surface area contributed by atoms with E-state index in [2.05, 4.69) is 16.9 Å². The zero-order chi connectivity index (χ0) is 28.5. The number of halogens is 5. The van der Waals surface area contributed by atoms with Crippen LogP contribution in [-0.2, 0) is 0 Å². The van der Waals surface area contributed by atoms with E-state index < -0.39 is 7.25 Å². The highest BCUT2D eigenvalue weighted by Gasteiger charge is 2.28. The molecule has 40 heavy (non-hydrogen) atoms. The smallest absolute Gasteiger partial charge is 0.418 e. The molecule has 0 aliphatic carbocycles. The van der Waals surface area contributed by atoms with Crippen molar-refractivity contribution in [3.05, 3.63) is 138 Å². The van der Waals surface area contributed by atoms with Crippen molar-refractivity contribution in [3.8, 4) is 28.1 Å². The Kier molecular flexibility index (Phi) is 9.19. The third kappa shape index (κ3) is 7.94. The second-order valence-electron chi connectivity index (χ2n) is 8.50. The number of para-hydroxylation sites is 1. The number of hydrazine groups is 1. The van der Waals surface area contributed by atoms with Crippen molar-refractivity contribution in [2.75, 3.05) is 5.43 Å². The molecule has 0 spiro atoms. The maximum absolute atomic E-state index is 13.6. The lowest BCUT2D eigenvalue weighted by atomic mass is 10.0. The van der Waals surface area contributed by atoms with Crippen LogP contribution in [0.3, 0.4) is 0 Å². The molecule has 0 radical (unpaired) electrons. The number of amides is 1. The first-order valence-corrected chi connectivity index (χ1v) is 12.5. The van der Waals surface area contributed by atoms with E-state index >= 15 is 0 Å². The van der Waals surface area contributed by atoms with E-state index in [1.54, 1.807) is 0 Å². The normalized spacial score (nSPS) is 10.7. The number of nitrogens with one attached hydrogen (secondary N) is 2. The van der Waals surface area contributed by atoms with Gasteiger partial charge in [0.2, 0.25) is 11.4 Å². The average Bonchev–Trinajstić information content (AvgIpc) is 2.96. The lowest BCUT2D eigenvalue weighted by Crippen LogP contribution is -2.45. The van der Waals surface area contributed by atoms with Gasteiger partial charge in [0.15, 0.2) is 0 Å². The lowest BCUT2D eigenvalue weighted by molar-refractivity contribution is -0.586. The minimum absolute atomic E-state index is 0.265. The molecular weight excluding hydrogens is 541 g/mol. The van der Waals surface area contributed by atoms with Gasteiger partial charge in [0.05, 0.1) is 5.69 Å². The molecule has 0 aliphatic rings. The lowest BCUT2D eigenvalue weighted by Gasteiger charge is -2.13. The second-order valence-corrected chi connectivity index (χ2v) is 8.93. The van der Waals surface area contributed by atoms with Crippen molar-refractivity contribution in [3.63, 3.8) is 0 Å². The van der Waals surface area contributed by atoms with E-state index in [1.807, 2.05) is 126 Å². The molecule has 0 unspecified atom stereocenters. The molecule has 0 saturated heterocycles. The fourth-order valence-electron chi connectivity index (χ4n) is 3.96. The number of carbonyl (C=O) groups excluding carboxylic acids is 1. The van der Waals surface area contributed by atoms with E-state index in [-0.39, 0.29) is 5.91 Å². The number of nitrogens with zero attached hydrogens (tertiary/aromatic N) is 1. The van der Waals surface area contributed by atoms with Crippen LogP contribution in [0, 0.1) is 0 Å². The number of aromatic nitrogens is 1. The van der Waals surface area contributed by atoms with Gasteiger partial charge in [0.1, 0.15) is 0 Å². The van der Waals surface area contributed by atoms with Gasteiger partial charge in [-0.15, -0.1) is 4.57 Å². The summed E-state index contributed by atoms with van der Waals surface area (Å²) in [5.74, 6) is -0.265. The zero-order valence-electron chi connectivity index (χ0n) is 20.9. The van der Waals surface area contributed by atoms with Crippen molar-refractivity contribution in [2.24, 2.45) is 0 Å². The van der Waals surface area contributed by atoms with Crippen LogP contribution < -0.4 is 15.4 Å². The molecule has 0 saturated carbocycles. The molecule has 4 aromatic carbocycles. The number of rotatable bonds is 6. The van der Waals surface area contributed by atoms with Crippen molar-refractivity contribution in [1.82, 2.24) is 5.43 Å². The van der Waals surface area contributed by atoms with E-state index in [4.69, 9.17) is 11.6 Å². The molecule has 5 rings (SSSR count). The quantitative estimate of drug-likeness (QED) is 0.0951. The van der Waals surface area contributed by atoms with Crippen LogP contribution in [0.2, 0.25) is 5.02 Å². The summed E-state index contributed by atoms with van der Waals surface area (Å²) in [6, 6.07) is 41.1. The van der Waals surface area contributed by atoms with Crippen LogP contribution in [0.1, 0.15) is 10.5 Å². The molecule has 0 fully saturated rings. The summed E-state index contributed by atoms with van der Waals surface area (Å²) in [6.45, 7) is 0. The molecule has 0 atom stereocenters. The minimum atomic E-state index is -6.00. The zero-order valence-corrected chi connectivity index (χ0v) is 21.7. The second kappa shape index (κ2) is 13.0. The largest absolute Gasteiger partial charge is 0.673 e. The van der Waals surface area contributed by atoms with Gasteiger partial charge < -0.3 is 17.3 Å². The molecule has 1 amide bonds. The Hall–Kier alpha value is -4.63. The first-order chi connectivity index (χ1) is 19.2. The SMILES string of the molecule is F[B-](F)(F)F.O=C(NNc1ccccc1)c1cc(-c2ccccc2)cc(-c2ccccc2)[n+]1-c1ccc(Cl)cc1. The standard InChI is InChI=1S/C30H22ClN3O.BF4/c31-25-16-18-27(19-17-25)34-28(23-12-6-2-7-13-23)20-24(22-10-4-1-5-11-22)21-29(34)30(35)33-32-26-14-8-3-9-15-26;2-1(3,4)5/h1-21,35H;/q;-1/p+1. The van der Waals surface area contributed by atoms with Gasteiger partial charge in [-0.3, -0.25) is 15.6 Å². The number of pyridine rings is 1. The third-order valence-corrected chi connectivity index (χ3v) is 5.91. The maximum Gasteiger partial charge on any atom is 0.673 e. The van der Waals surface area contributed by atoms with E-state index in [0.29, 0.717) is 10.7 Å². The summed E-state index contributed by atoms with van der Waals surface area (Å²) in [7, 11) is -6.00. The van der Waals surface area contributed by atoms with Gasteiger partial charge >= 0.3 is 13.2 Å². The summed E-state index contributed by atoms with van der Waals surface area (Å²) in [5.41, 5.74) is 11.8. The van der Waals surface area contributed by atoms with Crippen molar-refractivity contribution in [1.29, 1.82) is 0 Å². The predicted octanol–water partition coefficient (Wildman–Crippen LogP) is 8.01. The molecule has 0 bridgehead atoms. The number of carbonyl (C=O) groups is 1. The van der Waals surface area contributed by atoms with E-state index in [1.165, 1.54) is 0 Å². The van der Waals surface area contributed by atoms with Gasteiger partial charge in [-0.25, -0.2) is 0 Å². The molecule has 1 heterocycles. The summed E-state index contributed by atoms with van der Waals surface area (Å²) >= 11 is 6.18. The van der Waals surface area contributed by atoms with Crippen molar-refractivity contribution >= 4 is 30.4 Å². The molecule has 5 aromatic rings. The summed E-state index contributed by atoms with van der Waals surface area (Å²) in [5, 5.41) is 0.633.